The van der Waals surface area contributed by atoms with Crippen LogP contribution in [0.15, 0.2) is 48.5 Å². The average molecular weight is 370 g/mol. The number of hydrogen-bond acceptors (Lipinski definition) is 4. The third kappa shape index (κ3) is 4.49. The zero-order chi connectivity index (χ0) is 19.4. The lowest BCUT2D eigenvalue weighted by molar-refractivity contribution is -0.143. The van der Waals surface area contributed by atoms with E-state index in [1.165, 1.54) is 30.0 Å². The van der Waals surface area contributed by atoms with Gasteiger partial charge in [-0.1, -0.05) is 24.3 Å². The molecule has 0 atom stereocenters. The Kier molecular flexibility index (Phi) is 5.49. The third-order valence-corrected chi connectivity index (χ3v) is 4.33. The molecule has 1 N–H and O–H groups in total. The maximum absolute atomic E-state index is 13.5. The Balaban J connectivity index is 1.46. The van der Waals surface area contributed by atoms with E-state index in [1.54, 1.807) is 30.3 Å². The van der Waals surface area contributed by atoms with Crippen molar-refractivity contribution in [3.63, 3.8) is 0 Å². The molecule has 1 fully saturated rings. The lowest BCUT2D eigenvalue weighted by atomic mass is 9.99. The molecule has 0 saturated carbocycles. The van der Waals surface area contributed by atoms with Crippen LogP contribution in [0.25, 0.3) is 0 Å². The number of anilines is 1. The topological polar surface area (TPSA) is 75.7 Å². The van der Waals surface area contributed by atoms with Crippen LogP contribution in [0.4, 0.5) is 10.1 Å². The highest BCUT2D eigenvalue weighted by Gasteiger charge is 2.35. The highest BCUT2D eigenvalue weighted by atomic mass is 19.1. The van der Waals surface area contributed by atoms with Crippen molar-refractivity contribution < 1.29 is 23.5 Å². The zero-order valence-electron chi connectivity index (χ0n) is 14.8. The highest BCUT2D eigenvalue weighted by Crippen LogP contribution is 2.20. The van der Waals surface area contributed by atoms with Crippen molar-refractivity contribution in [1.29, 1.82) is 0 Å². The van der Waals surface area contributed by atoms with Gasteiger partial charge in [0, 0.05) is 24.3 Å². The van der Waals surface area contributed by atoms with E-state index in [2.05, 4.69) is 5.32 Å². The number of nitrogens with zero attached hydrogens (tertiary/aromatic N) is 1. The summed E-state index contributed by atoms with van der Waals surface area (Å²) in [5.41, 5.74) is 1.06. The molecule has 1 aliphatic rings. The average Bonchev–Trinajstić information content (AvgIpc) is 2.60. The Morgan fingerprint density at radius 1 is 1.15 bits per heavy atom. The molecule has 0 unspecified atom stereocenters. The fourth-order valence-electron chi connectivity index (χ4n) is 2.70. The Hall–Kier alpha value is -3.22. The molecule has 6 nitrogen and oxygen atoms in total. The predicted octanol–water partition coefficient (Wildman–Crippen LogP) is 2.50. The van der Waals surface area contributed by atoms with Crippen LogP contribution in [-0.2, 0) is 9.59 Å². The van der Waals surface area contributed by atoms with Gasteiger partial charge in [-0.05, 0) is 31.2 Å². The minimum absolute atomic E-state index is 0.0195. The summed E-state index contributed by atoms with van der Waals surface area (Å²) in [5, 5.41) is 2.75. The molecular weight excluding hydrogens is 351 g/mol. The molecule has 2 amide bonds. The standard InChI is InChI=1S/C20H19FN2O4/c1-13(24)14-5-4-6-16(9-14)22-20(26)15-10-23(11-15)19(25)12-27-18-8-3-2-7-17(18)21/h2-9,15H,10-12H2,1H3,(H,22,26). The number of Topliss-reactive ketones (excluding diaryl/α,β-unsaturated/α-hetero) is 1. The summed E-state index contributed by atoms with van der Waals surface area (Å²) in [6, 6.07) is 12.6. The number of hydrogen-bond donors (Lipinski definition) is 1. The van der Waals surface area contributed by atoms with E-state index in [0.717, 1.165) is 0 Å². The third-order valence-electron chi connectivity index (χ3n) is 4.33. The monoisotopic (exact) mass is 370 g/mol. The molecule has 1 saturated heterocycles. The fourth-order valence-corrected chi connectivity index (χ4v) is 2.70. The number of carbonyl (C=O) groups excluding carboxylic acids is 3. The van der Waals surface area contributed by atoms with Gasteiger partial charge in [0.05, 0.1) is 5.92 Å². The molecule has 0 spiro atoms. The smallest absolute Gasteiger partial charge is 0.260 e. The van der Waals surface area contributed by atoms with E-state index in [-0.39, 0.29) is 49.0 Å². The van der Waals surface area contributed by atoms with E-state index < -0.39 is 5.82 Å². The molecule has 27 heavy (non-hydrogen) atoms. The molecule has 140 valence electrons. The van der Waals surface area contributed by atoms with E-state index in [9.17, 15) is 18.8 Å². The molecule has 1 aliphatic heterocycles. The first-order valence-electron chi connectivity index (χ1n) is 8.51. The summed E-state index contributed by atoms with van der Waals surface area (Å²) >= 11 is 0. The number of rotatable bonds is 6. The first-order chi connectivity index (χ1) is 12.9. The van der Waals surface area contributed by atoms with Crippen molar-refractivity contribution in [2.75, 3.05) is 25.0 Å². The molecule has 0 aliphatic carbocycles. The largest absolute Gasteiger partial charge is 0.481 e. The van der Waals surface area contributed by atoms with Gasteiger partial charge in [-0.2, -0.15) is 0 Å². The molecule has 2 aromatic rings. The van der Waals surface area contributed by atoms with Crippen LogP contribution >= 0.6 is 0 Å². The summed E-state index contributed by atoms with van der Waals surface area (Å²) < 4.78 is 18.6. The molecule has 1 heterocycles. The van der Waals surface area contributed by atoms with Crippen LogP contribution in [0.1, 0.15) is 17.3 Å². The molecular formula is C20H19FN2O4. The number of carbonyl (C=O) groups is 3. The molecule has 0 aromatic heterocycles. The summed E-state index contributed by atoms with van der Waals surface area (Å²) in [7, 11) is 0. The number of benzene rings is 2. The Morgan fingerprint density at radius 2 is 1.89 bits per heavy atom. The number of ether oxygens (including phenoxy) is 1. The lowest BCUT2D eigenvalue weighted by Crippen LogP contribution is -2.55. The maximum Gasteiger partial charge on any atom is 0.260 e. The molecule has 2 aromatic carbocycles. The number of amides is 2. The number of para-hydroxylation sites is 1. The van der Waals surface area contributed by atoms with Crippen molar-refractivity contribution in [3.8, 4) is 5.75 Å². The summed E-state index contributed by atoms with van der Waals surface area (Å²) in [4.78, 5) is 37.2. The lowest BCUT2D eigenvalue weighted by Gasteiger charge is -2.38. The predicted molar refractivity (Wildman–Crippen MR) is 97.0 cm³/mol. The van der Waals surface area contributed by atoms with Gasteiger partial charge in [0.15, 0.2) is 24.0 Å². The van der Waals surface area contributed by atoms with Crippen molar-refractivity contribution >= 4 is 23.3 Å². The van der Waals surface area contributed by atoms with Gasteiger partial charge < -0.3 is 15.0 Å². The van der Waals surface area contributed by atoms with E-state index in [0.29, 0.717) is 11.3 Å². The quantitative estimate of drug-likeness (QED) is 0.793. The molecule has 0 radical (unpaired) electrons. The summed E-state index contributed by atoms with van der Waals surface area (Å²) in [6.07, 6.45) is 0. The fraction of sp³-hybridized carbons (Fsp3) is 0.250. The summed E-state index contributed by atoms with van der Waals surface area (Å²) in [5.74, 6) is -1.44. The van der Waals surface area contributed by atoms with Gasteiger partial charge in [0.25, 0.3) is 5.91 Å². The van der Waals surface area contributed by atoms with Crippen LogP contribution in [0, 0.1) is 11.7 Å². The Labute approximate surface area is 155 Å². The Bertz CT molecular complexity index is 878. The number of likely N-dealkylation sites (tertiary alicyclic amines) is 1. The van der Waals surface area contributed by atoms with Crippen LogP contribution in [0.5, 0.6) is 5.75 Å². The highest BCUT2D eigenvalue weighted by molar-refractivity contribution is 5.98. The van der Waals surface area contributed by atoms with Crippen molar-refractivity contribution in [2.24, 2.45) is 5.92 Å². The minimum atomic E-state index is -0.529. The summed E-state index contributed by atoms with van der Waals surface area (Å²) in [6.45, 7) is 1.73. The molecule has 7 heteroatoms. The van der Waals surface area contributed by atoms with Crippen LogP contribution in [0.3, 0.4) is 0 Å². The van der Waals surface area contributed by atoms with E-state index in [4.69, 9.17) is 4.74 Å². The first-order valence-corrected chi connectivity index (χ1v) is 8.51. The van der Waals surface area contributed by atoms with Crippen molar-refractivity contribution in [2.45, 2.75) is 6.92 Å². The van der Waals surface area contributed by atoms with Gasteiger partial charge >= 0.3 is 0 Å². The first kappa shape index (κ1) is 18.6. The van der Waals surface area contributed by atoms with E-state index >= 15 is 0 Å². The van der Waals surface area contributed by atoms with Crippen LogP contribution in [0.2, 0.25) is 0 Å². The van der Waals surface area contributed by atoms with Gasteiger partial charge in [0.2, 0.25) is 5.91 Å². The van der Waals surface area contributed by atoms with Crippen LogP contribution in [-0.4, -0.2) is 42.2 Å². The van der Waals surface area contributed by atoms with E-state index in [1.807, 2.05) is 0 Å². The van der Waals surface area contributed by atoms with Gasteiger partial charge in [-0.3, -0.25) is 14.4 Å². The molecule has 3 rings (SSSR count). The number of ketones is 1. The zero-order valence-corrected chi connectivity index (χ0v) is 14.8. The SMILES string of the molecule is CC(=O)c1cccc(NC(=O)C2CN(C(=O)COc3ccccc3F)C2)c1. The van der Waals surface area contributed by atoms with Gasteiger partial charge in [-0.15, -0.1) is 0 Å². The minimum Gasteiger partial charge on any atom is -0.481 e. The second-order valence-electron chi connectivity index (χ2n) is 6.34. The molecule has 0 bridgehead atoms. The normalized spacial score (nSPS) is 13.6. The van der Waals surface area contributed by atoms with Crippen molar-refractivity contribution in [3.05, 3.63) is 59.9 Å². The van der Waals surface area contributed by atoms with Crippen molar-refractivity contribution in [1.82, 2.24) is 4.90 Å². The van der Waals surface area contributed by atoms with Crippen LogP contribution < -0.4 is 10.1 Å². The van der Waals surface area contributed by atoms with Gasteiger partial charge in [-0.25, -0.2) is 4.39 Å². The van der Waals surface area contributed by atoms with Gasteiger partial charge in [0.1, 0.15) is 0 Å². The maximum atomic E-state index is 13.5. The number of halogens is 1. The second kappa shape index (κ2) is 7.99. The number of nitrogens with one attached hydrogen (secondary N) is 1. The second-order valence-corrected chi connectivity index (χ2v) is 6.34. The Morgan fingerprint density at radius 3 is 2.59 bits per heavy atom.